The van der Waals surface area contributed by atoms with Crippen LogP contribution in [0, 0.1) is 0 Å². The van der Waals surface area contributed by atoms with Crippen molar-refractivity contribution in [2.75, 3.05) is 19.0 Å². The van der Waals surface area contributed by atoms with Crippen LogP contribution < -0.4 is 5.32 Å². The van der Waals surface area contributed by atoms with Crippen molar-refractivity contribution in [3.63, 3.8) is 0 Å². The number of piperidine rings is 1. The number of methoxy groups -OCH3 is 1. The van der Waals surface area contributed by atoms with Gasteiger partial charge < -0.3 is 15.0 Å². The number of hydrogen-bond donors (Lipinski definition) is 1. The van der Waals surface area contributed by atoms with Crippen molar-refractivity contribution >= 4 is 29.2 Å². The normalized spacial score (nSPS) is 21.0. The Morgan fingerprint density at radius 3 is 2.57 bits per heavy atom. The average molecular weight is 339 g/mol. The number of carbonyl (C=O) groups excluding carboxylic acids is 2. The number of anilines is 1. The number of nitrogens with zero attached hydrogens (tertiary/aromatic N) is 1. The number of amides is 1. The second kappa shape index (κ2) is 7.68. The topological polar surface area (TPSA) is 58.6 Å². The summed E-state index contributed by atoms with van der Waals surface area (Å²) in [6.07, 6.45) is 3.14. The molecule has 1 aromatic carbocycles. The summed E-state index contributed by atoms with van der Waals surface area (Å²) in [6.45, 7) is 4.14. The fraction of sp³-hybridized carbons (Fsp3) is 0.529. The molecule has 1 heterocycles. The Morgan fingerprint density at radius 2 is 1.96 bits per heavy atom. The van der Waals surface area contributed by atoms with E-state index in [4.69, 9.17) is 11.6 Å². The van der Waals surface area contributed by atoms with Crippen LogP contribution in [0.25, 0.3) is 0 Å². The molecule has 2 rings (SSSR count). The zero-order valence-electron chi connectivity index (χ0n) is 13.8. The standard InChI is InChI=1S/C17H23ClN2O3/c1-11-5-4-6-12(2)20(11)17(22)14-9-13(18)7-8-15(14)19-10-16(21)23-3/h7-9,11-12,19H,4-6,10H2,1-3H3/t11-,12-/m0/s1. The Morgan fingerprint density at radius 1 is 1.30 bits per heavy atom. The van der Waals surface area contributed by atoms with Gasteiger partial charge in [-0.3, -0.25) is 9.59 Å². The third-order valence-corrected chi connectivity index (χ3v) is 4.53. The lowest BCUT2D eigenvalue weighted by Crippen LogP contribution is -2.47. The zero-order chi connectivity index (χ0) is 17.0. The van der Waals surface area contributed by atoms with E-state index < -0.39 is 5.97 Å². The smallest absolute Gasteiger partial charge is 0.325 e. The predicted molar refractivity (Wildman–Crippen MR) is 90.9 cm³/mol. The van der Waals surface area contributed by atoms with Crippen LogP contribution in [0.5, 0.6) is 0 Å². The maximum absolute atomic E-state index is 13.0. The lowest BCUT2D eigenvalue weighted by atomic mass is 9.96. The molecule has 1 aliphatic heterocycles. The van der Waals surface area contributed by atoms with E-state index in [1.807, 2.05) is 4.90 Å². The van der Waals surface area contributed by atoms with Gasteiger partial charge in [0.2, 0.25) is 0 Å². The highest BCUT2D eigenvalue weighted by molar-refractivity contribution is 6.31. The number of hydrogen-bond acceptors (Lipinski definition) is 4. The Bertz CT molecular complexity index is 581. The van der Waals surface area contributed by atoms with Gasteiger partial charge in [-0.05, 0) is 51.3 Å². The van der Waals surface area contributed by atoms with Gasteiger partial charge in [-0.2, -0.15) is 0 Å². The van der Waals surface area contributed by atoms with E-state index in [0.717, 1.165) is 19.3 Å². The van der Waals surface area contributed by atoms with Gasteiger partial charge in [-0.15, -0.1) is 0 Å². The van der Waals surface area contributed by atoms with Crippen molar-refractivity contribution in [2.24, 2.45) is 0 Å². The number of nitrogens with one attached hydrogen (secondary N) is 1. The SMILES string of the molecule is COC(=O)CNc1ccc(Cl)cc1C(=O)N1[C@@H](C)CCC[C@@H]1C. The van der Waals surface area contributed by atoms with E-state index >= 15 is 0 Å². The summed E-state index contributed by atoms with van der Waals surface area (Å²) in [5, 5.41) is 3.45. The van der Waals surface area contributed by atoms with Gasteiger partial charge in [0, 0.05) is 22.8 Å². The minimum atomic E-state index is -0.391. The van der Waals surface area contributed by atoms with Crippen LogP contribution in [0.3, 0.4) is 0 Å². The Kier molecular flexibility index (Phi) is 5.88. The summed E-state index contributed by atoms with van der Waals surface area (Å²) in [6, 6.07) is 5.45. The molecule has 1 N–H and O–H groups in total. The van der Waals surface area contributed by atoms with Crippen LogP contribution in [0.15, 0.2) is 18.2 Å². The van der Waals surface area contributed by atoms with E-state index in [0.29, 0.717) is 16.3 Å². The number of likely N-dealkylation sites (tertiary alicyclic amines) is 1. The summed E-state index contributed by atoms with van der Waals surface area (Å²) in [5.41, 5.74) is 1.08. The van der Waals surface area contributed by atoms with Crippen LogP contribution in [0.4, 0.5) is 5.69 Å². The van der Waals surface area contributed by atoms with Gasteiger partial charge >= 0.3 is 5.97 Å². The van der Waals surface area contributed by atoms with Gasteiger partial charge in [0.25, 0.3) is 5.91 Å². The Hall–Kier alpha value is -1.75. The number of rotatable bonds is 4. The van der Waals surface area contributed by atoms with Crippen LogP contribution in [0.1, 0.15) is 43.5 Å². The van der Waals surface area contributed by atoms with Gasteiger partial charge in [0.15, 0.2) is 0 Å². The van der Waals surface area contributed by atoms with Gasteiger partial charge in [-0.1, -0.05) is 11.6 Å². The molecule has 0 aliphatic carbocycles. The predicted octanol–water partition coefficient (Wildman–Crippen LogP) is 3.33. The lowest BCUT2D eigenvalue weighted by Gasteiger charge is -2.39. The average Bonchev–Trinajstić information content (AvgIpc) is 2.52. The molecular formula is C17H23ClN2O3. The molecular weight excluding hydrogens is 316 g/mol. The highest BCUT2D eigenvalue weighted by Crippen LogP contribution is 2.28. The molecule has 126 valence electrons. The van der Waals surface area contributed by atoms with E-state index in [1.54, 1.807) is 18.2 Å². The number of ether oxygens (including phenoxy) is 1. The molecule has 1 saturated heterocycles. The second-order valence-electron chi connectivity index (χ2n) is 5.96. The molecule has 5 nitrogen and oxygen atoms in total. The quantitative estimate of drug-likeness (QED) is 0.855. The van der Waals surface area contributed by atoms with Crippen LogP contribution in [-0.2, 0) is 9.53 Å². The zero-order valence-corrected chi connectivity index (χ0v) is 14.5. The molecule has 0 aromatic heterocycles. The van der Waals surface area contributed by atoms with Crippen LogP contribution >= 0.6 is 11.6 Å². The molecule has 0 saturated carbocycles. The van der Waals surface area contributed by atoms with Crippen LogP contribution in [0.2, 0.25) is 5.02 Å². The Balaban J connectivity index is 2.27. The van der Waals surface area contributed by atoms with Gasteiger partial charge in [-0.25, -0.2) is 0 Å². The Labute approximate surface area is 141 Å². The first kappa shape index (κ1) is 17.6. The summed E-state index contributed by atoms with van der Waals surface area (Å²) in [4.78, 5) is 26.3. The largest absolute Gasteiger partial charge is 0.468 e. The van der Waals surface area contributed by atoms with Crippen molar-refractivity contribution in [3.05, 3.63) is 28.8 Å². The molecule has 0 spiro atoms. The molecule has 0 unspecified atom stereocenters. The first-order valence-corrected chi connectivity index (χ1v) is 8.24. The number of esters is 1. The fourth-order valence-electron chi connectivity index (χ4n) is 3.05. The van der Waals surface area contributed by atoms with Gasteiger partial charge in [0.1, 0.15) is 6.54 Å². The minimum absolute atomic E-state index is 0.00349. The maximum atomic E-state index is 13.0. The first-order chi connectivity index (χ1) is 10.9. The van der Waals surface area contributed by atoms with Crippen molar-refractivity contribution < 1.29 is 14.3 Å². The number of carbonyl (C=O) groups is 2. The molecule has 1 aliphatic rings. The summed E-state index contributed by atoms with van der Waals surface area (Å²) in [5.74, 6) is -0.447. The lowest BCUT2D eigenvalue weighted by molar-refractivity contribution is -0.138. The monoisotopic (exact) mass is 338 g/mol. The molecule has 0 radical (unpaired) electrons. The van der Waals surface area contributed by atoms with E-state index in [1.165, 1.54) is 7.11 Å². The third-order valence-electron chi connectivity index (χ3n) is 4.29. The van der Waals surface area contributed by atoms with Crippen molar-refractivity contribution in [1.29, 1.82) is 0 Å². The molecule has 1 aromatic rings. The number of benzene rings is 1. The molecule has 2 atom stereocenters. The second-order valence-corrected chi connectivity index (χ2v) is 6.40. The summed E-state index contributed by atoms with van der Waals surface area (Å²) < 4.78 is 4.62. The fourth-order valence-corrected chi connectivity index (χ4v) is 3.22. The molecule has 1 fully saturated rings. The minimum Gasteiger partial charge on any atom is -0.468 e. The molecule has 1 amide bonds. The third kappa shape index (κ3) is 4.16. The highest BCUT2D eigenvalue weighted by Gasteiger charge is 2.30. The van der Waals surface area contributed by atoms with E-state index in [2.05, 4.69) is 23.9 Å². The van der Waals surface area contributed by atoms with Crippen molar-refractivity contribution in [3.8, 4) is 0 Å². The first-order valence-electron chi connectivity index (χ1n) is 7.87. The molecule has 6 heteroatoms. The van der Waals surface area contributed by atoms with Crippen molar-refractivity contribution in [2.45, 2.75) is 45.2 Å². The van der Waals surface area contributed by atoms with Crippen molar-refractivity contribution in [1.82, 2.24) is 4.90 Å². The molecule has 0 bridgehead atoms. The molecule has 23 heavy (non-hydrogen) atoms. The van der Waals surface area contributed by atoms with Crippen LogP contribution in [-0.4, -0.2) is 42.5 Å². The number of halogens is 1. The van der Waals surface area contributed by atoms with E-state index in [-0.39, 0.29) is 24.5 Å². The van der Waals surface area contributed by atoms with Gasteiger partial charge in [0.05, 0.1) is 12.7 Å². The highest BCUT2D eigenvalue weighted by atomic mass is 35.5. The summed E-state index contributed by atoms with van der Waals surface area (Å²) in [7, 11) is 1.33. The summed E-state index contributed by atoms with van der Waals surface area (Å²) >= 11 is 6.07. The van der Waals surface area contributed by atoms with E-state index in [9.17, 15) is 9.59 Å². The maximum Gasteiger partial charge on any atom is 0.325 e.